The minimum Gasteiger partial charge on any atom is -0.393 e. The SMILES string of the molecule is COC[C@H]1O[C@@H]2O[C@H]3[C@H](OC)[C@@H](OC)[C@@H](O[C@H]4[C@H](OC)[C@@H](OC)[C@@H](O[C@H]5[C@H](OC)[C@@H](OC)[C@@H](O[C@H]6[C@H](OC)[C@@H](OC)[C@@H](O[C@H]7[C@H](OC)[C@@H](OC)[C@@H](O[C@H]8[C@H](OC)[C@@H](OC)[C@@H](O[C@H]1[C@H](OC)[C@H]2OC)O[C@@H]8COC)O[C@@H]7COC)O[C@@H]6COC)O[C@@H]5Cn1cc(CNC(=O)[C@@]2(C)CC[C@]5(C)CC[C@]6(C)C(=CC(=O)[C@@H]7[C@@]8(C)CC[C@H](O)C(C)(C)[C@@H]8CC[C@]76C)[C@@H]5C2)nn1)O[C@@H]4COC)O[C@@H]3COC. The first-order valence-corrected chi connectivity index (χ1v) is 47.9. The quantitative estimate of drug-likeness (QED) is 0.106. The van der Waals surface area contributed by atoms with Crippen molar-refractivity contribution in [2.45, 2.75) is 340 Å². The van der Waals surface area contributed by atoms with E-state index in [0.717, 1.165) is 38.5 Å². The number of hydrogen-bond donors (Lipinski definition) is 2. The molecule has 26 aliphatic rings. The largest absolute Gasteiger partial charge is 0.393 e. The van der Waals surface area contributed by atoms with E-state index in [1.165, 1.54) is 148 Å². The predicted molar refractivity (Wildman–Crippen MR) is 474 cm³/mol. The summed E-state index contributed by atoms with van der Waals surface area (Å²) in [5.74, 6) is 0.0983. The van der Waals surface area contributed by atoms with Crippen LogP contribution in [0.25, 0.3) is 0 Å². The minimum absolute atomic E-state index is 0.00925. The summed E-state index contributed by atoms with van der Waals surface area (Å²) in [6.45, 7) is 15.4. The topological polar surface area (TPSA) is 411 Å². The van der Waals surface area contributed by atoms with E-state index < -0.39 is 226 Å². The van der Waals surface area contributed by atoms with Gasteiger partial charge in [0.15, 0.2) is 49.8 Å². The Hall–Kier alpha value is -3.38. The summed E-state index contributed by atoms with van der Waals surface area (Å²) >= 11 is 0. The Labute approximate surface area is 800 Å². The number of amides is 1. The number of rotatable bonds is 31. The molecule has 780 valence electrons. The van der Waals surface area contributed by atoms with Gasteiger partial charge in [-0.3, -0.25) is 9.59 Å². The van der Waals surface area contributed by atoms with Crippen LogP contribution in [0.5, 0.6) is 0 Å². The molecule has 41 nitrogen and oxygen atoms in total. The monoisotopic (exact) mass is 1950 g/mol. The van der Waals surface area contributed by atoms with Crippen molar-refractivity contribution in [3.05, 3.63) is 23.5 Å². The second-order valence-corrected chi connectivity index (χ2v) is 40.8. The highest BCUT2D eigenvalue weighted by molar-refractivity contribution is 5.96. The van der Waals surface area contributed by atoms with E-state index in [9.17, 15) is 5.11 Å². The maximum Gasteiger partial charge on any atom is 0.226 e. The van der Waals surface area contributed by atoms with E-state index in [1.807, 2.05) is 6.08 Å². The number of aliphatic hydroxyl groups excluding tert-OH is 1. The van der Waals surface area contributed by atoms with Crippen molar-refractivity contribution in [3.8, 4) is 0 Å². The standard InChI is InChI=1S/C95H158N4O37/c1-90(2)58-28-31-95(7)81(93(58,5)30-29-59(90)101)50(100)36-48-49-37-92(4,33-32-91(49,3)34-35-94(48,95)6)89(102)96-38-47-39-99(98-97-47)40-51-60-67(109-14)74(116-21)82(123-51)131-61-52(41-103-8)125-84(76(118-23)68(61)110-15)133-63-54(43-105-10)127-86(78(120-25)70(63)112-17)135-65-56(45-107-12)129-88(80(122-27)72(65)114-19)136-66-57(46-108-13)128-87(79(121-26)73(66)115-20)134-64-55(44-106-11)126-85(77(119-24)71(64)113-18)132-62-53(42-104-9)124-83(130-60)75(117-22)69(62)111-16/h36,39,49,51-88,101H,28-35,37-38,40-46H2,1-27H3,(H,96,102)/t49-,51+,52+,53+,54+,55+,56+,57+,58-,59-,60+,61+,62+,63+,64+,65+,66+,67-,68-,69-,70-,71-,72-,73-,74+,75+,76+,77+,78+,79+,80+,81+,82+,83+,84+,85+,86+,87+,88+,91+,92-,93-,94+,95+/m0/s1. The molecule has 2 N–H and O–H groups in total. The van der Waals surface area contributed by atoms with E-state index in [0.29, 0.717) is 25.0 Å². The number of hydrogen-bond acceptors (Lipinski definition) is 39. The second kappa shape index (κ2) is 46.1. The highest BCUT2D eigenvalue weighted by atomic mass is 16.8. The first kappa shape index (κ1) is 108. The Balaban J connectivity index is 0.804. The average Bonchev–Trinajstić information content (AvgIpc) is 0.670. The van der Waals surface area contributed by atoms with Gasteiger partial charge in [0.25, 0.3) is 0 Å². The van der Waals surface area contributed by atoms with Crippen LogP contribution in [0.1, 0.15) is 112 Å². The number of carbonyl (C=O) groups is 2. The van der Waals surface area contributed by atoms with Crippen molar-refractivity contribution < 1.29 is 176 Å². The number of aliphatic hydroxyl groups is 1. The van der Waals surface area contributed by atoms with Crippen LogP contribution >= 0.6 is 0 Å². The Bertz CT molecular complexity index is 3960. The van der Waals surface area contributed by atoms with Gasteiger partial charge in [-0.05, 0) is 103 Å². The molecule has 1 amide bonds. The lowest BCUT2D eigenvalue weighted by atomic mass is 9.33. The molecule has 0 spiro atoms. The van der Waals surface area contributed by atoms with Crippen LogP contribution < -0.4 is 5.32 Å². The van der Waals surface area contributed by atoms with Crippen molar-refractivity contribution in [1.29, 1.82) is 0 Å². The molecular weight excluding hydrogens is 1790 g/mol. The van der Waals surface area contributed by atoms with Gasteiger partial charge < -0.3 is 171 Å². The number of ether oxygens (including phenoxy) is 34. The lowest BCUT2D eigenvalue weighted by Gasteiger charge is -2.70. The first-order valence-electron chi connectivity index (χ1n) is 47.9. The van der Waals surface area contributed by atoms with Gasteiger partial charge in [-0.1, -0.05) is 59.3 Å². The molecule has 14 bridgehead atoms. The number of allylic oxidation sites excluding steroid dienone is 2. The normalized spacial score (nSPS) is 47.2. The van der Waals surface area contributed by atoms with Gasteiger partial charge in [-0.25, -0.2) is 4.68 Å². The van der Waals surface area contributed by atoms with Gasteiger partial charge in [0.2, 0.25) is 5.91 Å². The number of nitrogens with one attached hydrogen (secondary N) is 1. The van der Waals surface area contributed by atoms with Gasteiger partial charge >= 0.3 is 0 Å². The van der Waals surface area contributed by atoms with Crippen LogP contribution in [-0.2, 0) is 184 Å². The third kappa shape index (κ3) is 20.3. The Kier molecular flexibility index (Phi) is 36.8. The molecule has 21 aliphatic heterocycles. The van der Waals surface area contributed by atoms with Crippen molar-refractivity contribution in [1.82, 2.24) is 20.3 Å². The van der Waals surface area contributed by atoms with Crippen molar-refractivity contribution in [2.24, 2.45) is 50.2 Å². The molecular formula is C95H158N4O37. The van der Waals surface area contributed by atoms with Crippen LogP contribution in [0, 0.1) is 50.2 Å². The van der Waals surface area contributed by atoms with Crippen LogP contribution in [0.2, 0.25) is 0 Å². The lowest BCUT2D eigenvalue weighted by Crippen LogP contribution is -2.69. The summed E-state index contributed by atoms with van der Waals surface area (Å²) in [6.07, 6.45) is -28.0. The summed E-state index contributed by atoms with van der Waals surface area (Å²) < 4.78 is 227. The van der Waals surface area contributed by atoms with E-state index >= 15 is 9.59 Å². The number of fused-ring (bicyclic) bond motifs is 7. The van der Waals surface area contributed by atoms with Crippen LogP contribution in [0.4, 0.5) is 0 Å². The molecule has 0 unspecified atom stereocenters. The number of carbonyl (C=O) groups excluding carboxylic acids is 2. The molecule has 1 aromatic rings. The molecule has 21 saturated heterocycles. The fraction of sp³-hybridized carbons (Fsp3) is 0.937. The number of aromatic nitrogens is 3. The van der Waals surface area contributed by atoms with Gasteiger partial charge in [-0.15, -0.1) is 5.10 Å². The van der Waals surface area contributed by atoms with Gasteiger partial charge in [-0.2, -0.15) is 0 Å². The zero-order valence-corrected chi connectivity index (χ0v) is 84.7. The Morgan fingerprint density at radius 1 is 0.390 bits per heavy atom. The summed E-state index contributed by atoms with van der Waals surface area (Å²) in [4.78, 5) is 30.6. The third-order valence-corrected chi connectivity index (χ3v) is 33.5. The fourth-order valence-corrected chi connectivity index (χ4v) is 26.2. The van der Waals surface area contributed by atoms with Crippen LogP contribution in [-0.4, -0.2) is 435 Å². The highest BCUT2D eigenvalue weighted by Gasteiger charge is 2.72. The maximum atomic E-state index is 15.3. The van der Waals surface area contributed by atoms with E-state index in [4.69, 9.17) is 166 Å². The lowest BCUT2D eigenvalue weighted by molar-refractivity contribution is -0.402. The number of ketones is 1. The van der Waals surface area contributed by atoms with E-state index in [2.05, 4.69) is 58.9 Å². The van der Waals surface area contributed by atoms with Crippen LogP contribution in [0.15, 0.2) is 17.8 Å². The average molecular weight is 1950 g/mol. The Morgan fingerprint density at radius 2 is 0.691 bits per heavy atom. The third-order valence-electron chi connectivity index (χ3n) is 33.5. The maximum absolute atomic E-state index is 15.3. The number of methoxy groups -OCH3 is 20. The van der Waals surface area contributed by atoms with Crippen LogP contribution in [0.3, 0.4) is 0 Å². The molecule has 4 saturated carbocycles. The molecule has 27 rings (SSSR count). The van der Waals surface area contributed by atoms with Gasteiger partial charge in [0.1, 0.15) is 177 Å². The molecule has 25 fully saturated rings. The molecule has 41 heteroatoms. The van der Waals surface area contributed by atoms with Crippen molar-refractivity contribution >= 4 is 11.7 Å². The molecule has 136 heavy (non-hydrogen) atoms. The molecule has 0 radical (unpaired) electrons. The molecule has 5 aliphatic carbocycles. The van der Waals surface area contributed by atoms with Gasteiger partial charge in [0.05, 0.1) is 65.0 Å². The predicted octanol–water partition coefficient (Wildman–Crippen LogP) is 4.11. The summed E-state index contributed by atoms with van der Waals surface area (Å²) in [7, 11) is 30.2. The minimum atomic E-state index is -1.37. The molecule has 1 aromatic heterocycles. The van der Waals surface area contributed by atoms with Crippen molar-refractivity contribution in [3.63, 3.8) is 0 Å². The van der Waals surface area contributed by atoms with Crippen molar-refractivity contribution in [2.75, 3.05) is 182 Å². The zero-order chi connectivity index (χ0) is 98.0. The van der Waals surface area contributed by atoms with E-state index in [-0.39, 0.29) is 109 Å². The summed E-state index contributed by atoms with van der Waals surface area (Å²) in [6, 6.07) is 0. The summed E-state index contributed by atoms with van der Waals surface area (Å²) in [5.41, 5.74) is -0.449. The van der Waals surface area contributed by atoms with E-state index in [1.54, 1.807) is 10.9 Å². The Morgan fingerprint density at radius 3 is 1.00 bits per heavy atom. The molecule has 44 atom stereocenters. The smallest absolute Gasteiger partial charge is 0.226 e. The summed E-state index contributed by atoms with van der Waals surface area (Å²) in [5, 5.41) is 24.1. The molecule has 22 heterocycles. The first-order chi connectivity index (χ1) is 65.3. The highest BCUT2D eigenvalue weighted by Crippen LogP contribution is 2.75. The fourth-order valence-electron chi connectivity index (χ4n) is 26.2. The second-order valence-electron chi connectivity index (χ2n) is 40.8. The van der Waals surface area contributed by atoms with Gasteiger partial charge in [0, 0.05) is 154 Å². The number of nitrogens with zero attached hydrogens (tertiary/aromatic N) is 3. The zero-order valence-electron chi connectivity index (χ0n) is 84.7. The molecule has 0 aromatic carbocycles.